The number of benzene rings is 1. The van der Waals surface area contributed by atoms with Gasteiger partial charge in [-0.3, -0.25) is 0 Å². The molecule has 0 amide bonds. The Bertz CT molecular complexity index is 654. The van der Waals surface area contributed by atoms with Gasteiger partial charge in [-0.15, -0.1) is 0 Å². The summed E-state index contributed by atoms with van der Waals surface area (Å²) in [5.74, 6) is 0.983. The predicted octanol–water partition coefficient (Wildman–Crippen LogP) is 0.935. The summed E-state index contributed by atoms with van der Waals surface area (Å²) in [6, 6.07) is 6.62. The Morgan fingerprint density at radius 1 is 1.09 bits per heavy atom. The number of aromatic nitrogens is 3. The number of nitrogens with two attached hydrogens (primary N) is 1. The molecule has 0 saturated carbocycles. The summed E-state index contributed by atoms with van der Waals surface area (Å²) in [5.41, 5.74) is 6.35. The van der Waals surface area contributed by atoms with Crippen LogP contribution in [0.3, 0.4) is 0 Å². The molecule has 1 aliphatic heterocycles. The van der Waals surface area contributed by atoms with Crippen molar-refractivity contribution < 1.29 is 4.39 Å². The first-order valence-electron chi connectivity index (χ1n) is 7.29. The number of hydrogen-bond acceptors (Lipinski definition) is 6. The predicted molar refractivity (Wildman–Crippen MR) is 83.2 cm³/mol. The average Bonchev–Trinajstić information content (AvgIpc) is 2.50. The highest BCUT2D eigenvalue weighted by Crippen LogP contribution is 2.15. The monoisotopic (exact) mass is 302 g/mol. The lowest BCUT2D eigenvalue weighted by atomic mass is 10.1. The van der Waals surface area contributed by atoms with E-state index in [9.17, 15) is 4.39 Å². The lowest BCUT2D eigenvalue weighted by molar-refractivity contribution is 0.311. The van der Waals surface area contributed by atoms with Gasteiger partial charge in [0.15, 0.2) is 0 Å². The van der Waals surface area contributed by atoms with Crippen molar-refractivity contribution >= 4 is 11.9 Å². The minimum absolute atomic E-state index is 0.176. The number of likely N-dealkylation sites (N-methyl/N-ethyl adjacent to an activating group) is 1. The van der Waals surface area contributed by atoms with Crippen LogP contribution in [0.5, 0.6) is 0 Å². The van der Waals surface area contributed by atoms with E-state index in [1.165, 1.54) is 6.07 Å². The molecule has 0 radical (unpaired) electrons. The third kappa shape index (κ3) is 3.30. The Balaban J connectivity index is 1.82. The normalized spacial score (nSPS) is 16.0. The van der Waals surface area contributed by atoms with Gasteiger partial charge in [0.05, 0.1) is 0 Å². The lowest BCUT2D eigenvalue weighted by Crippen LogP contribution is -2.45. The van der Waals surface area contributed by atoms with Crippen molar-refractivity contribution in [2.75, 3.05) is 43.9 Å². The Kier molecular flexibility index (Phi) is 4.15. The highest BCUT2D eigenvalue weighted by molar-refractivity contribution is 5.36. The van der Waals surface area contributed by atoms with Crippen LogP contribution in [-0.4, -0.2) is 53.1 Å². The molecule has 2 heterocycles. The molecule has 1 saturated heterocycles. The van der Waals surface area contributed by atoms with Crippen LogP contribution in [0.15, 0.2) is 24.3 Å². The molecule has 1 aliphatic rings. The summed E-state index contributed by atoms with van der Waals surface area (Å²) in [5, 5.41) is 0. The smallest absolute Gasteiger partial charge is 0.230 e. The Labute approximate surface area is 128 Å². The number of nitrogens with zero attached hydrogens (tertiary/aromatic N) is 5. The van der Waals surface area contributed by atoms with Crippen molar-refractivity contribution in [3.63, 3.8) is 0 Å². The molecule has 0 atom stereocenters. The van der Waals surface area contributed by atoms with E-state index in [0.717, 1.165) is 26.2 Å². The zero-order valence-electron chi connectivity index (χ0n) is 12.5. The summed E-state index contributed by atoms with van der Waals surface area (Å²) in [6.07, 6.45) is 0.306. The number of nitrogen functional groups attached to an aromatic ring is 1. The fraction of sp³-hybridized carbons (Fsp3) is 0.400. The van der Waals surface area contributed by atoms with Crippen molar-refractivity contribution in [1.29, 1.82) is 0 Å². The minimum atomic E-state index is -0.261. The van der Waals surface area contributed by atoms with Crippen LogP contribution in [0.2, 0.25) is 0 Å². The van der Waals surface area contributed by atoms with Gasteiger partial charge in [-0.05, 0) is 18.7 Å². The highest BCUT2D eigenvalue weighted by atomic mass is 19.1. The van der Waals surface area contributed by atoms with Gasteiger partial charge in [0, 0.05) is 32.6 Å². The molecule has 2 aromatic rings. The van der Waals surface area contributed by atoms with Gasteiger partial charge in [0.2, 0.25) is 11.9 Å². The van der Waals surface area contributed by atoms with Crippen LogP contribution in [-0.2, 0) is 6.42 Å². The molecule has 0 spiro atoms. The number of anilines is 2. The van der Waals surface area contributed by atoms with Gasteiger partial charge in [-0.25, -0.2) is 4.39 Å². The molecule has 0 unspecified atom stereocenters. The molecule has 3 rings (SSSR count). The number of hydrogen-bond donors (Lipinski definition) is 1. The molecule has 1 aromatic heterocycles. The van der Waals surface area contributed by atoms with E-state index < -0.39 is 0 Å². The standard InChI is InChI=1S/C15H19FN6/c1-21-6-8-22(9-7-21)15-19-13(18-14(17)20-15)10-11-4-2-3-5-12(11)16/h2-5H,6-10H2,1H3,(H2,17,18,19,20). The SMILES string of the molecule is CN1CCN(c2nc(N)nc(Cc3ccccc3F)n2)CC1. The zero-order valence-corrected chi connectivity index (χ0v) is 12.5. The van der Waals surface area contributed by atoms with Gasteiger partial charge in [0.25, 0.3) is 0 Å². The topological polar surface area (TPSA) is 71.2 Å². The van der Waals surface area contributed by atoms with Crippen LogP contribution in [0.4, 0.5) is 16.3 Å². The molecule has 1 fully saturated rings. The van der Waals surface area contributed by atoms with Crippen molar-refractivity contribution in [2.45, 2.75) is 6.42 Å². The molecule has 7 heteroatoms. The molecule has 0 bridgehead atoms. The summed E-state index contributed by atoms with van der Waals surface area (Å²) >= 11 is 0. The van der Waals surface area contributed by atoms with E-state index in [0.29, 0.717) is 23.8 Å². The second-order valence-electron chi connectivity index (χ2n) is 5.47. The first kappa shape index (κ1) is 14.6. The third-order valence-electron chi connectivity index (χ3n) is 3.78. The van der Waals surface area contributed by atoms with Crippen molar-refractivity contribution in [3.05, 3.63) is 41.5 Å². The van der Waals surface area contributed by atoms with Crippen LogP contribution < -0.4 is 10.6 Å². The molecule has 1 aromatic carbocycles. The minimum Gasteiger partial charge on any atom is -0.368 e. The summed E-state index contributed by atoms with van der Waals surface area (Å²) in [6.45, 7) is 3.60. The zero-order chi connectivity index (χ0) is 15.5. The maximum absolute atomic E-state index is 13.8. The molecule has 0 aliphatic carbocycles. The van der Waals surface area contributed by atoms with Gasteiger partial charge in [-0.1, -0.05) is 18.2 Å². The lowest BCUT2D eigenvalue weighted by Gasteiger charge is -2.32. The molecule has 6 nitrogen and oxygen atoms in total. The van der Waals surface area contributed by atoms with Crippen LogP contribution in [0.1, 0.15) is 11.4 Å². The summed E-state index contributed by atoms with van der Waals surface area (Å²) in [7, 11) is 2.09. The van der Waals surface area contributed by atoms with Crippen LogP contribution in [0.25, 0.3) is 0 Å². The van der Waals surface area contributed by atoms with E-state index in [1.54, 1.807) is 18.2 Å². The number of halogens is 1. The molecular weight excluding hydrogens is 283 g/mol. The van der Waals surface area contributed by atoms with Gasteiger partial charge >= 0.3 is 0 Å². The maximum atomic E-state index is 13.8. The van der Waals surface area contributed by atoms with E-state index in [1.807, 2.05) is 0 Å². The second-order valence-corrected chi connectivity index (χ2v) is 5.47. The first-order chi connectivity index (χ1) is 10.6. The Morgan fingerprint density at radius 3 is 2.55 bits per heavy atom. The Morgan fingerprint density at radius 2 is 1.82 bits per heavy atom. The van der Waals surface area contributed by atoms with E-state index in [4.69, 9.17) is 5.73 Å². The maximum Gasteiger partial charge on any atom is 0.230 e. The molecule has 2 N–H and O–H groups in total. The number of rotatable bonds is 3. The fourth-order valence-electron chi connectivity index (χ4n) is 2.46. The third-order valence-corrected chi connectivity index (χ3v) is 3.78. The molecular formula is C15H19FN6. The van der Waals surface area contributed by atoms with E-state index >= 15 is 0 Å². The van der Waals surface area contributed by atoms with Crippen molar-refractivity contribution in [3.8, 4) is 0 Å². The van der Waals surface area contributed by atoms with Gasteiger partial charge < -0.3 is 15.5 Å². The van der Waals surface area contributed by atoms with Crippen LogP contribution in [0, 0.1) is 5.82 Å². The number of piperazine rings is 1. The largest absolute Gasteiger partial charge is 0.368 e. The van der Waals surface area contributed by atoms with Crippen LogP contribution >= 0.6 is 0 Å². The van der Waals surface area contributed by atoms with E-state index in [2.05, 4.69) is 31.8 Å². The fourth-order valence-corrected chi connectivity index (χ4v) is 2.46. The Hall–Kier alpha value is -2.28. The average molecular weight is 302 g/mol. The first-order valence-corrected chi connectivity index (χ1v) is 7.29. The van der Waals surface area contributed by atoms with E-state index in [-0.39, 0.29) is 11.8 Å². The summed E-state index contributed by atoms with van der Waals surface area (Å²) < 4.78 is 13.8. The van der Waals surface area contributed by atoms with Crippen molar-refractivity contribution in [1.82, 2.24) is 19.9 Å². The molecule has 116 valence electrons. The quantitative estimate of drug-likeness (QED) is 0.909. The second kappa shape index (κ2) is 6.23. The highest BCUT2D eigenvalue weighted by Gasteiger charge is 2.18. The van der Waals surface area contributed by atoms with Gasteiger partial charge in [-0.2, -0.15) is 15.0 Å². The molecule has 22 heavy (non-hydrogen) atoms. The van der Waals surface area contributed by atoms with Crippen molar-refractivity contribution in [2.24, 2.45) is 0 Å². The summed E-state index contributed by atoms with van der Waals surface area (Å²) in [4.78, 5) is 17.1. The van der Waals surface area contributed by atoms with Gasteiger partial charge in [0.1, 0.15) is 11.6 Å².